The number of methoxy groups -OCH3 is 1. The summed E-state index contributed by atoms with van der Waals surface area (Å²) in [5, 5.41) is 5.11. The Kier molecular flexibility index (Phi) is 9.79. The normalized spacial score (nSPS) is 11.7. The van der Waals surface area contributed by atoms with Gasteiger partial charge in [0.2, 0.25) is 9.84 Å². The van der Waals surface area contributed by atoms with Crippen molar-refractivity contribution < 1.29 is 32.3 Å². The van der Waals surface area contributed by atoms with Crippen molar-refractivity contribution in [3.8, 4) is 5.75 Å². The number of anilines is 1. The van der Waals surface area contributed by atoms with Crippen LogP contribution in [0.3, 0.4) is 0 Å². The number of para-hydroxylation sites is 1. The summed E-state index contributed by atoms with van der Waals surface area (Å²) in [4.78, 5) is 41.7. The summed E-state index contributed by atoms with van der Waals surface area (Å²) in [5.41, 5.74) is 0.595. The van der Waals surface area contributed by atoms with E-state index in [1.165, 1.54) is 62.0 Å². The van der Waals surface area contributed by atoms with Gasteiger partial charge >= 0.3 is 18.0 Å². The molecule has 0 saturated heterocycles. The first-order valence-corrected chi connectivity index (χ1v) is 14.5. The monoisotopic (exact) mass is 627 g/mol. The number of hydrogen-bond donors (Lipinski definition) is 2. The van der Waals surface area contributed by atoms with Gasteiger partial charge in [0.25, 0.3) is 0 Å². The van der Waals surface area contributed by atoms with Crippen molar-refractivity contribution in [2.24, 2.45) is 0 Å². The van der Waals surface area contributed by atoms with Gasteiger partial charge in [-0.15, -0.1) is 0 Å². The molecule has 42 heavy (non-hydrogen) atoms. The number of carbonyl (C=O) groups is 3. The number of ether oxygens (including phenoxy) is 2. The summed E-state index contributed by atoms with van der Waals surface area (Å²) in [5.74, 6) is -1.32. The minimum atomic E-state index is -3.94. The second kappa shape index (κ2) is 13.5. The maximum atomic E-state index is 13.2. The summed E-state index contributed by atoms with van der Waals surface area (Å²) >= 11 is 12.0. The largest absolute Gasteiger partial charge is 0.467 e. The number of urea groups is 1. The topological polar surface area (TPSA) is 141 Å². The number of hydrogen-bond acceptors (Lipinski definition) is 8. The molecule has 1 aromatic heterocycles. The zero-order valence-corrected chi connectivity index (χ0v) is 24.2. The van der Waals surface area contributed by atoms with Crippen LogP contribution in [0.4, 0.5) is 10.5 Å². The van der Waals surface area contributed by atoms with Crippen LogP contribution in [0, 0.1) is 0 Å². The third-order valence-electron chi connectivity index (χ3n) is 5.90. The highest BCUT2D eigenvalue weighted by atomic mass is 35.5. The molecular formula is C29H23Cl2N3O7S. The van der Waals surface area contributed by atoms with Gasteiger partial charge in [0, 0.05) is 18.8 Å². The van der Waals surface area contributed by atoms with E-state index >= 15 is 0 Å². The molecule has 4 rings (SSSR count). The average Bonchev–Trinajstić information content (AvgIpc) is 2.98. The number of benzene rings is 3. The predicted molar refractivity (Wildman–Crippen MR) is 156 cm³/mol. The zero-order valence-electron chi connectivity index (χ0n) is 21.9. The van der Waals surface area contributed by atoms with Crippen molar-refractivity contribution in [3.63, 3.8) is 0 Å². The zero-order chi connectivity index (χ0) is 30.3. The maximum Gasteiger partial charge on any atom is 0.346 e. The second-order valence-electron chi connectivity index (χ2n) is 8.70. The standard InChI is InChI=1S/C29H23Cl2N3O7S/c1-40-27(35)24(15-18-11-13-19(14-12-18)41-28(36)26-21(30)16-32-17-22(26)31)34-29(37)33-23-9-5-6-10-25(23)42(38,39)20-7-3-2-4-8-20/h2-14,16-17,24H,15H2,1H3,(H2,33,34,37)/t24-/m0/s1. The van der Waals surface area contributed by atoms with Gasteiger partial charge in [-0.2, -0.15) is 0 Å². The van der Waals surface area contributed by atoms with E-state index in [0.29, 0.717) is 5.56 Å². The molecule has 0 unspecified atom stereocenters. The minimum absolute atomic E-state index is 0.0142. The molecule has 4 aromatic rings. The molecule has 0 bridgehead atoms. The van der Waals surface area contributed by atoms with Crippen molar-refractivity contribution in [1.82, 2.24) is 10.3 Å². The molecule has 2 N–H and O–H groups in total. The van der Waals surface area contributed by atoms with E-state index in [4.69, 9.17) is 32.7 Å². The van der Waals surface area contributed by atoms with Crippen LogP contribution in [-0.4, -0.2) is 44.5 Å². The SMILES string of the molecule is COC(=O)[C@H](Cc1ccc(OC(=O)c2c(Cl)cncc2Cl)cc1)NC(=O)Nc1ccccc1S(=O)(=O)c1ccccc1. The number of esters is 2. The molecule has 10 nitrogen and oxygen atoms in total. The summed E-state index contributed by atoms with van der Waals surface area (Å²) < 4.78 is 36.5. The summed E-state index contributed by atoms with van der Waals surface area (Å²) in [6.45, 7) is 0. The molecule has 0 aliphatic carbocycles. The molecule has 1 atom stereocenters. The molecule has 0 saturated carbocycles. The number of nitrogens with zero attached hydrogens (tertiary/aromatic N) is 1. The van der Waals surface area contributed by atoms with Crippen LogP contribution in [0.5, 0.6) is 5.75 Å². The summed E-state index contributed by atoms with van der Waals surface area (Å²) in [6.07, 6.45) is 2.55. The predicted octanol–water partition coefficient (Wildman–Crippen LogP) is 5.35. The number of sulfone groups is 1. The van der Waals surface area contributed by atoms with Crippen molar-refractivity contribution in [1.29, 1.82) is 0 Å². The third-order valence-corrected chi connectivity index (χ3v) is 8.30. The van der Waals surface area contributed by atoms with Crippen LogP contribution in [0.15, 0.2) is 101 Å². The average molecular weight is 628 g/mol. The molecule has 0 radical (unpaired) electrons. The van der Waals surface area contributed by atoms with E-state index in [9.17, 15) is 22.8 Å². The Bertz CT molecular complexity index is 1700. The van der Waals surface area contributed by atoms with Crippen LogP contribution in [0.1, 0.15) is 15.9 Å². The number of carbonyl (C=O) groups excluding carboxylic acids is 3. The van der Waals surface area contributed by atoms with Gasteiger partial charge in [-0.3, -0.25) is 4.98 Å². The Hall–Kier alpha value is -4.45. The van der Waals surface area contributed by atoms with Crippen LogP contribution < -0.4 is 15.4 Å². The van der Waals surface area contributed by atoms with Crippen molar-refractivity contribution in [2.75, 3.05) is 12.4 Å². The van der Waals surface area contributed by atoms with Gasteiger partial charge in [-0.1, -0.05) is 65.7 Å². The minimum Gasteiger partial charge on any atom is -0.467 e. The van der Waals surface area contributed by atoms with Gasteiger partial charge in [0.1, 0.15) is 17.4 Å². The molecule has 0 aliphatic rings. The van der Waals surface area contributed by atoms with E-state index in [1.54, 1.807) is 36.4 Å². The fourth-order valence-electron chi connectivity index (χ4n) is 3.88. The lowest BCUT2D eigenvalue weighted by Gasteiger charge is -2.18. The van der Waals surface area contributed by atoms with E-state index < -0.39 is 33.8 Å². The first-order chi connectivity index (χ1) is 20.1. The molecule has 0 spiro atoms. The number of rotatable bonds is 9. The molecule has 2 amide bonds. The molecule has 216 valence electrons. The molecule has 3 aromatic carbocycles. The third kappa shape index (κ3) is 7.24. The smallest absolute Gasteiger partial charge is 0.346 e. The molecular weight excluding hydrogens is 605 g/mol. The Morgan fingerprint density at radius 2 is 1.50 bits per heavy atom. The van der Waals surface area contributed by atoms with Crippen LogP contribution >= 0.6 is 23.2 Å². The van der Waals surface area contributed by atoms with Gasteiger partial charge in [-0.05, 0) is 42.0 Å². The van der Waals surface area contributed by atoms with Gasteiger partial charge in [0.15, 0.2) is 0 Å². The number of nitrogens with one attached hydrogen (secondary N) is 2. The van der Waals surface area contributed by atoms with Gasteiger partial charge < -0.3 is 20.1 Å². The lowest BCUT2D eigenvalue weighted by atomic mass is 10.1. The molecule has 1 heterocycles. The lowest BCUT2D eigenvalue weighted by molar-refractivity contribution is -0.142. The Morgan fingerprint density at radius 1 is 0.881 bits per heavy atom. The van der Waals surface area contributed by atoms with Crippen molar-refractivity contribution in [3.05, 3.63) is 112 Å². The maximum absolute atomic E-state index is 13.2. The van der Waals surface area contributed by atoms with E-state index in [0.717, 1.165) is 0 Å². The Morgan fingerprint density at radius 3 is 2.14 bits per heavy atom. The summed E-state index contributed by atoms with van der Waals surface area (Å²) in [6, 6.07) is 17.9. The molecule has 0 fully saturated rings. The highest BCUT2D eigenvalue weighted by Gasteiger charge is 2.25. The Labute approximate surface area is 251 Å². The van der Waals surface area contributed by atoms with Crippen LogP contribution in [-0.2, 0) is 25.8 Å². The highest BCUT2D eigenvalue weighted by molar-refractivity contribution is 7.91. The van der Waals surface area contributed by atoms with Crippen LogP contribution in [0.25, 0.3) is 0 Å². The fourth-order valence-corrected chi connectivity index (χ4v) is 5.83. The van der Waals surface area contributed by atoms with Gasteiger partial charge in [0.05, 0.1) is 32.6 Å². The molecule has 0 aliphatic heterocycles. The number of pyridine rings is 1. The first-order valence-electron chi connectivity index (χ1n) is 12.2. The summed E-state index contributed by atoms with van der Waals surface area (Å²) in [7, 11) is -2.76. The second-order valence-corrected chi connectivity index (χ2v) is 11.4. The quantitative estimate of drug-likeness (QED) is 0.187. The lowest BCUT2D eigenvalue weighted by Crippen LogP contribution is -2.45. The molecule has 13 heteroatoms. The number of halogens is 2. The van der Waals surface area contributed by atoms with Crippen LogP contribution in [0.2, 0.25) is 10.0 Å². The van der Waals surface area contributed by atoms with E-state index in [-0.39, 0.29) is 43.3 Å². The van der Waals surface area contributed by atoms with Crippen molar-refractivity contribution >= 4 is 56.7 Å². The Balaban J connectivity index is 1.45. The number of amides is 2. The van der Waals surface area contributed by atoms with Gasteiger partial charge in [-0.25, -0.2) is 22.8 Å². The highest BCUT2D eigenvalue weighted by Crippen LogP contribution is 2.28. The van der Waals surface area contributed by atoms with Crippen molar-refractivity contribution in [2.45, 2.75) is 22.3 Å². The van der Waals surface area contributed by atoms with E-state index in [1.807, 2.05) is 0 Å². The van der Waals surface area contributed by atoms with E-state index in [2.05, 4.69) is 15.6 Å². The number of aromatic nitrogens is 1. The first kappa shape index (κ1) is 30.5. The fraction of sp³-hybridized carbons (Fsp3) is 0.103.